The van der Waals surface area contributed by atoms with Crippen LogP contribution < -0.4 is 20.1 Å². The molecule has 2 aromatic rings. The van der Waals surface area contributed by atoms with Gasteiger partial charge >= 0.3 is 6.03 Å². The summed E-state index contributed by atoms with van der Waals surface area (Å²) in [6, 6.07) is 11.7. The Morgan fingerprint density at radius 2 is 1.91 bits per heavy atom. The highest BCUT2D eigenvalue weighted by atomic mass is 16.5. The van der Waals surface area contributed by atoms with Crippen LogP contribution in [0.25, 0.3) is 0 Å². The highest BCUT2D eigenvalue weighted by Crippen LogP contribution is 2.29. The van der Waals surface area contributed by atoms with Crippen molar-refractivity contribution in [2.75, 3.05) is 33.5 Å². The predicted octanol–water partition coefficient (Wildman–Crippen LogP) is 2.65. The number of methoxy groups -OCH3 is 1. The van der Waals surface area contributed by atoms with Gasteiger partial charge in [0.2, 0.25) is 6.41 Å². The van der Waals surface area contributed by atoms with Crippen LogP contribution in [-0.4, -0.2) is 56.7 Å². The molecule has 180 valence electrons. The summed E-state index contributed by atoms with van der Waals surface area (Å²) in [4.78, 5) is 37.5. The largest absolute Gasteiger partial charge is 0.497 e. The number of carbonyl (C=O) groups excluding carboxylic acids is 3. The van der Waals surface area contributed by atoms with Gasteiger partial charge in [-0.1, -0.05) is 18.2 Å². The van der Waals surface area contributed by atoms with E-state index in [9.17, 15) is 14.4 Å². The molecule has 34 heavy (non-hydrogen) atoms. The van der Waals surface area contributed by atoms with Crippen molar-refractivity contribution in [3.05, 3.63) is 59.2 Å². The van der Waals surface area contributed by atoms with E-state index < -0.39 is 12.1 Å². The molecule has 0 spiro atoms. The Morgan fingerprint density at radius 1 is 1.18 bits per heavy atom. The van der Waals surface area contributed by atoms with Crippen molar-refractivity contribution in [3.8, 4) is 11.5 Å². The third kappa shape index (κ3) is 5.66. The molecule has 2 aliphatic heterocycles. The van der Waals surface area contributed by atoms with Crippen LogP contribution >= 0.6 is 0 Å². The molecule has 0 saturated carbocycles. The molecule has 0 unspecified atom stereocenters. The van der Waals surface area contributed by atoms with Gasteiger partial charge in [0.05, 0.1) is 19.8 Å². The minimum atomic E-state index is -0.634. The molecular formula is C25H29N3O6. The number of rotatable bonds is 9. The van der Waals surface area contributed by atoms with Crippen LogP contribution in [0.1, 0.15) is 40.4 Å². The topological polar surface area (TPSA) is 106 Å². The first-order chi connectivity index (χ1) is 16.6. The maximum atomic E-state index is 13.0. The Kier molecular flexibility index (Phi) is 7.64. The Labute approximate surface area is 198 Å². The van der Waals surface area contributed by atoms with Crippen molar-refractivity contribution < 1.29 is 28.6 Å². The summed E-state index contributed by atoms with van der Waals surface area (Å²) >= 11 is 0. The Balaban J connectivity index is 1.44. The highest BCUT2D eigenvalue weighted by Gasteiger charge is 2.30. The van der Waals surface area contributed by atoms with Gasteiger partial charge in [-0.15, -0.1) is 0 Å². The number of imide groups is 1. The van der Waals surface area contributed by atoms with Gasteiger partial charge in [-0.25, -0.2) is 4.79 Å². The zero-order chi connectivity index (χ0) is 23.9. The zero-order valence-corrected chi connectivity index (χ0v) is 19.1. The third-order valence-corrected chi connectivity index (χ3v) is 6.20. The standard InChI is InChI=1S/C25H29N3O6/c1-32-21-7-4-19-13-28(24(30)22(19)12-21)14-23(27-25(31)26-16-29)18-2-5-20(6-3-18)34-15-17-8-10-33-11-9-17/h2-7,12,16-17,23H,8-11,13-15H2,1H3,(H2,26,27,29,31)/t23-/m0/s1. The van der Waals surface area contributed by atoms with E-state index in [-0.39, 0.29) is 12.5 Å². The molecular weight excluding hydrogens is 438 g/mol. The van der Waals surface area contributed by atoms with Crippen molar-refractivity contribution in [2.45, 2.75) is 25.4 Å². The minimum Gasteiger partial charge on any atom is -0.497 e. The van der Waals surface area contributed by atoms with Gasteiger partial charge in [-0.05, 0) is 54.2 Å². The average Bonchev–Trinajstić information content (AvgIpc) is 3.17. The van der Waals surface area contributed by atoms with Crippen molar-refractivity contribution >= 4 is 18.3 Å². The van der Waals surface area contributed by atoms with E-state index >= 15 is 0 Å². The Bertz CT molecular complexity index is 1020. The van der Waals surface area contributed by atoms with Gasteiger partial charge in [0.15, 0.2) is 0 Å². The van der Waals surface area contributed by atoms with Crippen LogP contribution in [0.3, 0.4) is 0 Å². The number of carbonyl (C=O) groups is 3. The molecule has 9 heteroatoms. The second-order valence-corrected chi connectivity index (χ2v) is 8.43. The summed E-state index contributed by atoms with van der Waals surface area (Å²) < 4.78 is 16.6. The van der Waals surface area contributed by atoms with Gasteiger partial charge in [-0.3, -0.25) is 14.9 Å². The van der Waals surface area contributed by atoms with Crippen LogP contribution in [0.2, 0.25) is 0 Å². The molecule has 9 nitrogen and oxygen atoms in total. The summed E-state index contributed by atoms with van der Waals surface area (Å²) in [6.07, 6.45) is 2.31. The van der Waals surface area contributed by atoms with E-state index in [1.165, 1.54) is 0 Å². The number of ether oxygens (including phenoxy) is 3. The van der Waals surface area contributed by atoms with E-state index in [0.29, 0.717) is 36.8 Å². The summed E-state index contributed by atoms with van der Waals surface area (Å²) in [5, 5.41) is 4.88. The molecule has 1 atom stereocenters. The molecule has 1 fully saturated rings. The predicted molar refractivity (Wildman–Crippen MR) is 124 cm³/mol. The maximum Gasteiger partial charge on any atom is 0.321 e. The number of fused-ring (bicyclic) bond motifs is 1. The molecule has 2 aliphatic rings. The second-order valence-electron chi connectivity index (χ2n) is 8.43. The fraction of sp³-hybridized carbons (Fsp3) is 0.400. The molecule has 0 bridgehead atoms. The fourth-order valence-electron chi connectivity index (χ4n) is 4.25. The van der Waals surface area contributed by atoms with E-state index in [4.69, 9.17) is 14.2 Å². The Hall–Kier alpha value is -3.59. The molecule has 0 aliphatic carbocycles. The van der Waals surface area contributed by atoms with Crippen LogP contribution in [0.4, 0.5) is 4.79 Å². The van der Waals surface area contributed by atoms with Crippen molar-refractivity contribution in [1.82, 2.24) is 15.5 Å². The van der Waals surface area contributed by atoms with Gasteiger partial charge < -0.3 is 24.4 Å². The van der Waals surface area contributed by atoms with Gasteiger partial charge in [0, 0.05) is 31.9 Å². The third-order valence-electron chi connectivity index (χ3n) is 6.20. The quantitative estimate of drug-likeness (QED) is 0.550. The first-order valence-electron chi connectivity index (χ1n) is 11.3. The SMILES string of the molecule is COc1ccc2c(c1)C(=O)N(C[C@H](NC(=O)NC=O)c1ccc(OCC3CCOCC3)cc1)C2. The molecule has 0 aromatic heterocycles. The number of nitrogens with one attached hydrogen (secondary N) is 2. The number of hydrogen-bond donors (Lipinski definition) is 2. The molecule has 2 aromatic carbocycles. The molecule has 1 saturated heterocycles. The van der Waals surface area contributed by atoms with Crippen LogP contribution in [0.5, 0.6) is 11.5 Å². The lowest BCUT2D eigenvalue weighted by molar-refractivity contribution is -0.108. The van der Waals surface area contributed by atoms with Crippen LogP contribution in [-0.2, 0) is 16.1 Å². The van der Waals surface area contributed by atoms with E-state index in [2.05, 4.69) is 10.6 Å². The fourth-order valence-corrected chi connectivity index (χ4v) is 4.25. The van der Waals surface area contributed by atoms with E-state index in [1.54, 1.807) is 18.1 Å². The van der Waals surface area contributed by atoms with Crippen molar-refractivity contribution in [3.63, 3.8) is 0 Å². The monoisotopic (exact) mass is 467 g/mol. The van der Waals surface area contributed by atoms with Gasteiger partial charge in [-0.2, -0.15) is 0 Å². The molecule has 2 heterocycles. The van der Waals surface area contributed by atoms with E-state index in [0.717, 1.165) is 42.9 Å². The van der Waals surface area contributed by atoms with Crippen molar-refractivity contribution in [1.29, 1.82) is 0 Å². The zero-order valence-electron chi connectivity index (χ0n) is 19.1. The molecule has 2 N–H and O–H groups in total. The number of nitrogens with zero attached hydrogens (tertiary/aromatic N) is 1. The smallest absolute Gasteiger partial charge is 0.321 e. The number of benzene rings is 2. The minimum absolute atomic E-state index is 0.132. The van der Waals surface area contributed by atoms with Crippen LogP contribution in [0.15, 0.2) is 42.5 Å². The lowest BCUT2D eigenvalue weighted by Gasteiger charge is -2.25. The van der Waals surface area contributed by atoms with E-state index in [1.807, 2.05) is 36.4 Å². The lowest BCUT2D eigenvalue weighted by Crippen LogP contribution is -2.42. The first-order valence-corrected chi connectivity index (χ1v) is 11.3. The molecule has 4 amide bonds. The summed E-state index contributed by atoms with van der Waals surface area (Å²) in [5.74, 6) is 1.71. The summed E-state index contributed by atoms with van der Waals surface area (Å²) in [6.45, 7) is 2.85. The van der Waals surface area contributed by atoms with Crippen molar-refractivity contribution in [2.24, 2.45) is 5.92 Å². The highest BCUT2D eigenvalue weighted by molar-refractivity contribution is 5.98. The van der Waals surface area contributed by atoms with Gasteiger partial charge in [0.1, 0.15) is 11.5 Å². The maximum absolute atomic E-state index is 13.0. The second kappa shape index (κ2) is 11.0. The number of amides is 4. The van der Waals surface area contributed by atoms with Crippen LogP contribution in [0, 0.1) is 5.92 Å². The van der Waals surface area contributed by atoms with Gasteiger partial charge in [0.25, 0.3) is 5.91 Å². The molecule has 4 rings (SSSR count). The first kappa shape index (κ1) is 23.6. The normalized spacial score (nSPS) is 16.5. The number of urea groups is 1. The summed E-state index contributed by atoms with van der Waals surface area (Å²) in [7, 11) is 1.56. The number of hydrogen-bond acceptors (Lipinski definition) is 6. The Morgan fingerprint density at radius 3 is 2.62 bits per heavy atom. The summed E-state index contributed by atoms with van der Waals surface area (Å²) in [5.41, 5.74) is 2.28. The molecule has 0 radical (unpaired) electrons. The lowest BCUT2D eigenvalue weighted by atomic mass is 10.0. The average molecular weight is 468 g/mol.